The Morgan fingerprint density at radius 2 is 2.18 bits per heavy atom. The summed E-state index contributed by atoms with van der Waals surface area (Å²) in [5.41, 5.74) is 6.18. The number of nitrogens with two attached hydrogens (primary N) is 1. The number of carbonyl (C=O) groups is 1. The van der Waals surface area contributed by atoms with Gasteiger partial charge in [0.15, 0.2) is 0 Å². The third-order valence-electron chi connectivity index (χ3n) is 3.06. The highest BCUT2D eigenvalue weighted by atomic mass is 16.5. The Bertz CT molecular complexity index is 261. The van der Waals surface area contributed by atoms with Crippen molar-refractivity contribution < 1.29 is 9.53 Å². The second-order valence-electron chi connectivity index (χ2n) is 6.33. The van der Waals surface area contributed by atoms with E-state index in [0.717, 1.165) is 12.8 Å². The summed E-state index contributed by atoms with van der Waals surface area (Å²) >= 11 is 0. The molecule has 0 spiro atoms. The van der Waals surface area contributed by atoms with Crippen LogP contribution >= 0.6 is 0 Å². The Kier molecular flexibility index (Phi) is 4.95. The molecule has 3 atom stereocenters. The molecule has 1 rings (SSSR count). The fraction of sp³-hybridized carbons (Fsp3) is 0.923. The van der Waals surface area contributed by atoms with Crippen LogP contribution in [-0.2, 0) is 9.53 Å². The predicted octanol–water partition coefficient (Wildman–Crippen LogP) is 1.29. The first-order valence-electron chi connectivity index (χ1n) is 6.44. The summed E-state index contributed by atoms with van der Waals surface area (Å²) < 4.78 is 5.41. The average Bonchev–Trinajstić information content (AvgIpc) is 2.58. The molecule has 0 aromatic carbocycles. The minimum atomic E-state index is -0.281. The van der Waals surface area contributed by atoms with E-state index >= 15 is 0 Å². The number of nitrogens with one attached hydrogen (secondary N) is 1. The Labute approximate surface area is 104 Å². The van der Waals surface area contributed by atoms with E-state index in [4.69, 9.17) is 10.5 Å². The summed E-state index contributed by atoms with van der Waals surface area (Å²) in [6.07, 6.45) is 1.58. The number of hydrogen-bond donors (Lipinski definition) is 2. The Hall–Kier alpha value is -0.610. The largest absolute Gasteiger partial charge is 0.368 e. The van der Waals surface area contributed by atoms with E-state index in [9.17, 15) is 4.79 Å². The van der Waals surface area contributed by atoms with Gasteiger partial charge in [-0.25, -0.2) is 0 Å². The minimum absolute atomic E-state index is 0.00987. The van der Waals surface area contributed by atoms with E-state index < -0.39 is 0 Å². The van der Waals surface area contributed by atoms with Crippen LogP contribution in [0.1, 0.15) is 40.5 Å². The van der Waals surface area contributed by atoms with Gasteiger partial charge in [-0.1, -0.05) is 27.7 Å². The molecule has 1 saturated heterocycles. The standard InChI is InChI=1S/C13H26N2O2/c1-9-5-6-17-11(9)12(16)15-8-10(14)7-13(2,3)4/h9-11H,5-8,14H2,1-4H3,(H,15,16). The van der Waals surface area contributed by atoms with E-state index in [1.54, 1.807) is 0 Å². The Morgan fingerprint density at radius 1 is 1.53 bits per heavy atom. The number of hydrogen-bond acceptors (Lipinski definition) is 3. The van der Waals surface area contributed by atoms with Gasteiger partial charge < -0.3 is 15.8 Å². The zero-order valence-electron chi connectivity index (χ0n) is 11.5. The number of carbonyl (C=O) groups excluding carboxylic acids is 1. The van der Waals surface area contributed by atoms with E-state index in [1.165, 1.54) is 0 Å². The Morgan fingerprint density at radius 3 is 2.65 bits per heavy atom. The van der Waals surface area contributed by atoms with Crippen molar-refractivity contribution in [1.29, 1.82) is 0 Å². The topological polar surface area (TPSA) is 64.3 Å². The lowest BCUT2D eigenvalue weighted by Crippen LogP contribution is -2.44. The maximum Gasteiger partial charge on any atom is 0.249 e. The van der Waals surface area contributed by atoms with E-state index in [-0.39, 0.29) is 23.5 Å². The maximum absolute atomic E-state index is 11.8. The van der Waals surface area contributed by atoms with Crippen LogP contribution in [0.15, 0.2) is 0 Å². The van der Waals surface area contributed by atoms with Crippen molar-refractivity contribution >= 4 is 5.91 Å². The first-order valence-corrected chi connectivity index (χ1v) is 6.44. The van der Waals surface area contributed by atoms with E-state index in [0.29, 0.717) is 19.1 Å². The second-order valence-corrected chi connectivity index (χ2v) is 6.33. The Balaban J connectivity index is 2.28. The molecule has 0 aromatic rings. The summed E-state index contributed by atoms with van der Waals surface area (Å²) in [6.45, 7) is 9.72. The van der Waals surface area contributed by atoms with Gasteiger partial charge in [-0.15, -0.1) is 0 Å². The monoisotopic (exact) mass is 242 g/mol. The molecule has 1 fully saturated rings. The molecule has 0 saturated carbocycles. The van der Waals surface area contributed by atoms with Crippen LogP contribution in [0.5, 0.6) is 0 Å². The second kappa shape index (κ2) is 5.83. The van der Waals surface area contributed by atoms with Gasteiger partial charge in [-0.2, -0.15) is 0 Å². The molecule has 17 heavy (non-hydrogen) atoms. The summed E-state index contributed by atoms with van der Waals surface area (Å²) in [4.78, 5) is 11.8. The zero-order chi connectivity index (χ0) is 13.1. The van der Waals surface area contributed by atoms with Crippen LogP contribution in [0.2, 0.25) is 0 Å². The zero-order valence-corrected chi connectivity index (χ0v) is 11.5. The molecular weight excluding hydrogens is 216 g/mol. The molecule has 0 aliphatic carbocycles. The van der Waals surface area contributed by atoms with Gasteiger partial charge in [0.05, 0.1) is 0 Å². The lowest BCUT2D eigenvalue weighted by atomic mass is 9.88. The fourth-order valence-corrected chi connectivity index (χ4v) is 2.22. The normalized spacial score (nSPS) is 26.9. The third-order valence-corrected chi connectivity index (χ3v) is 3.06. The highest BCUT2D eigenvalue weighted by Gasteiger charge is 2.30. The summed E-state index contributed by atoms with van der Waals surface area (Å²) in [6, 6.07) is 0.00987. The summed E-state index contributed by atoms with van der Waals surface area (Å²) in [5, 5.41) is 2.89. The molecule has 1 heterocycles. The van der Waals surface area contributed by atoms with Crippen LogP contribution < -0.4 is 11.1 Å². The SMILES string of the molecule is CC1CCOC1C(=O)NCC(N)CC(C)(C)C. The van der Waals surface area contributed by atoms with Crippen LogP contribution in [0.25, 0.3) is 0 Å². The van der Waals surface area contributed by atoms with Crippen LogP contribution in [-0.4, -0.2) is 31.2 Å². The van der Waals surface area contributed by atoms with Crippen molar-refractivity contribution in [1.82, 2.24) is 5.32 Å². The van der Waals surface area contributed by atoms with E-state index in [1.807, 2.05) is 6.92 Å². The first kappa shape index (κ1) is 14.5. The average molecular weight is 242 g/mol. The maximum atomic E-state index is 11.8. The third kappa shape index (κ3) is 5.04. The molecule has 3 N–H and O–H groups in total. The van der Waals surface area contributed by atoms with Gasteiger partial charge in [-0.3, -0.25) is 4.79 Å². The molecule has 1 aliphatic rings. The molecule has 0 radical (unpaired) electrons. The fourth-order valence-electron chi connectivity index (χ4n) is 2.22. The predicted molar refractivity (Wildman–Crippen MR) is 68.6 cm³/mol. The van der Waals surface area contributed by atoms with Crippen LogP contribution in [0, 0.1) is 11.3 Å². The van der Waals surface area contributed by atoms with Gasteiger partial charge in [0.25, 0.3) is 0 Å². The van der Waals surface area contributed by atoms with Crippen LogP contribution in [0.4, 0.5) is 0 Å². The highest BCUT2D eigenvalue weighted by Crippen LogP contribution is 2.21. The number of ether oxygens (including phenoxy) is 1. The van der Waals surface area contributed by atoms with Crippen LogP contribution in [0.3, 0.4) is 0 Å². The molecule has 4 nitrogen and oxygen atoms in total. The quantitative estimate of drug-likeness (QED) is 0.781. The molecule has 100 valence electrons. The lowest BCUT2D eigenvalue weighted by Gasteiger charge is -2.24. The van der Waals surface area contributed by atoms with Crippen molar-refractivity contribution in [2.75, 3.05) is 13.2 Å². The molecule has 0 bridgehead atoms. The van der Waals surface area contributed by atoms with Gasteiger partial charge in [0.2, 0.25) is 5.91 Å². The molecule has 4 heteroatoms. The smallest absolute Gasteiger partial charge is 0.249 e. The molecule has 3 unspecified atom stereocenters. The molecular formula is C13H26N2O2. The number of amides is 1. The highest BCUT2D eigenvalue weighted by molar-refractivity contribution is 5.81. The first-order chi connectivity index (χ1) is 7.79. The van der Waals surface area contributed by atoms with Crippen molar-refractivity contribution in [3.05, 3.63) is 0 Å². The van der Waals surface area contributed by atoms with Crippen molar-refractivity contribution in [2.24, 2.45) is 17.1 Å². The minimum Gasteiger partial charge on any atom is -0.368 e. The van der Waals surface area contributed by atoms with Crippen molar-refractivity contribution in [3.8, 4) is 0 Å². The van der Waals surface area contributed by atoms with E-state index in [2.05, 4.69) is 26.1 Å². The number of rotatable bonds is 4. The van der Waals surface area contributed by atoms with Gasteiger partial charge in [0, 0.05) is 19.2 Å². The van der Waals surface area contributed by atoms with Crippen molar-refractivity contribution in [3.63, 3.8) is 0 Å². The lowest BCUT2D eigenvalue weighted by molar-refractivity contribution is -0.131. The van der Waals surface area contributed by atoms with Crippen molar-refractivity contribution in [2.45, 2.75) is 52.7 Å². The summed E-state index contributed by atoms with van der Waals surface area (Å²) in [5.74, 6) is 0.299. The van der Waals surface area contributed by atoms with Gasteiger partial charge in [0.1, 0.15) is 6.10 Å². The molecule has 1 aliphatic heterocycles. The summed E-state index contributed by atoms with van der Waals surface area (Å²) in [7, 11) is 0. The molecule has 1 amide bonds. The molecule has 0 aromatic heterocycles. The van der Waals surface area contributed by atoms with Gasteiger partial charge in [-0.05, 0) is 24.2 Å². The van der Waals surface area contributed by atoms with Gasteiger partial charge >= 0.3 is 0 Å².